The van der Waals surface area contributed by atoms with Crippen molar-refractivity contribution in [3.05, 3.63) is 23.7 Å². The van der Waals surface area contributed by atoms with E-state index in [4.69, 9.17) is 9.15 Å². The first-order valence-corrected chi connectivity index (χ1v) is 9.90. The topological polar surface area (TPSA) is 54.7 Å². The maximum Gasteiger partial charge on any atom is 0.225 e. The highest BCUT2D eigenvalue weighted by molar-refractivity contribution is 5.78. The number of ether oxygens (including phenoxy) is 1. The smallest absolute Gasteiger partial charge is 0.225 e. The average molecular weight is 346 g/mol. The van der Waals surface area contributed by atoms with Crippen LogP contribution >= 0.6 is 0 Å². The molecule has 0 unspecified atom stereocenters. The molecule has 1 aliphatic carbocycles. The molecule has 3 aliphatic rings. The molecule has 138 valence electrons. The first kappa shape index (κ1) is 17.1. The number of carbonyl (C=O) groups excluding carboxylic acids is 1. The van der Waals surface area contributed by atoms with Crippen molar-refractivity contribution >= 4 is 5.91 Å². The van der Waals surface area contributed by atoms with Gasteiger partial charge in [0.15, 0.2) is 0 Å². The van der Waals surface area contributed by atoms with E-state index < -0.39 is 0 Å². The minimum atomic E-state index is 0.0234. The van der Waals surface area contributed by atoms with E-state index in [0.717, 1.165) is 62.9 Å². The van der Waals surface area contributed by atoms with Gasteiger partial charge in [-0.05, 0) is 49.7 Å². The van der Waals surface area contributed by atoms with Gasteiger partial charge in [0.05, 0.1) is 25.2 Å². The highest BCUT2D eigenvalue weighted by atomic mass is 16.5. The molecule has 3 heterocycles. The summed E-state index contributed by atoms with van der Waals surface area (Å²) < 4.78 is 11.9. The maximum atomic E-state index is 12.4. The Morgan fingerprint density at radius 1 is 1.28 bits per heavy atom. The standard InChI is InChI=1S/C20H30N2O3/c1-2-17-5-6-18(25-17)12-22-8-7-19-15(11-22)9-16(13-24-19)20(23)21-10-14-3-4-14/h5-6,14-16,19H,2-4,7-13H2,1H3,(H,21,23)/t15-,16-,19+/m0/s1. The van der Waals surface area contributed by atoms with E-state index in [0.29, 0.717) is 18.6 Å². The summed E-state index contributed by atoms with van der Waals surface area (Å²) >= 11 is 0. The lowest BCUT2D eigenvalue weighted by atomic mass is 9.83. The monoisotopic (exact) mass is 346 g/mol. The van der Waals surface area contributed by atoms with Crippen molar-refractivity contribution in [3.8, 4) is 0 Å². The van der Waals surface area contributed by atoms with Crippen LogP contribution in [-0.4, -0.2) is 43.2 Å². The zero-order valence-electron chi connectivity index (χ0n) is 15.2. The van der Waals surface area contributed by atoms with Crippen LogP contribution in [0.2, 0.25) is 0 Å². The number of aryl methyl sites for hydroxylation is 1. The zero-order chi connectivity index (χ0) is 17.2. The van der Waals surface area contributed by atoms with Crippen molar-refractivity contribution in [3.63, 3.8) is 0 Å². The Morgan fingerprint density at radius 3 is 2.88 bits per heavy atom. The molecule has 3 fully saturated rings. The number of hydrogen-bond acceptors (Lipinski definition) is 4. The van der Waals surface area contributed by atoms with Crippen molar-refractivity contribution in [1.29, 1.82) is 0 Å². The quantitative estimate of drug-likeness (QED) is 0.860. The lowest BCUT2D eigenvalue weighted by Crippen LogP contribution is -2.50. The van der Waals surface area contributed by atoms with Gasteiger partial charge in [-0.15, -0.1) is 0 Å². The predicted octanol–water partition coefficient (Wildman–Crippen LogP) is 2.60. The van der Waals surface area contributed by atoms with Crippen LogP contribution in [0.3, 0.4) is 0 Å². The number of piperidine rings is 1. The van der Waals surface area contributed by atoms with Crippen molar-refractivity contribution in [1.82, 2.24) is 10.2 Å². The number of hydrogen-bond donors (Lipinski definition) is 1. The SMILES string of the molecule is CCc1ccc(CN2CC[C@H]3OC[C@@H](C(=O)NCC4CC4)C[C@H]3C2)o1. The zero-order valence-corrected chi connectivity index (χ0v) is 15.2. The second-order valence-corrected chi connectivity index (χ2v) is 8.00. The molecule has 3 atom stereocenters. The molecule has 0 bridgehead atoms. The number of furan rings is 1. The largest absolute Gasteiger partial charge is 0.465 e. The lowest BCUT2D eigenvalue weighted by molar-refractivity contribution is -0.139. The molecule has 25 heavy (non-hydrogen) atoms. The van der Waals surface area contributed by atoms with Crippen molar-refractivity contribution in [2.45, 2.75) is 51.7 Å². The Hall–Kier alpha value is -1.33. The van der Waals surface area contributed by atoms with Crippen LogP contribution in [0.1, 0.15) is 44.1 Å². The second-order valence-electron chi connectivity index (χ2n) is 8.00. The van der Waals surface area contributed by atoms with Gasteiger partial charge in [0.1, 0.15) is 11.5 Å². The third kappa shape index (κ3) is 4.26. The van der Waals surface area contributed by atoms with Gasteiger partial charge in [0.2, 0.25) is 5.91 Å². The molecule has 0 aromatic carbocycles. The summed E-state index contributed by atoms with van der Waals surface area (Å²) in [6, 6.07) is 4.17. The molecular weight excluding hydrogens is 316 g/mol. The van der Waals surface area contributed by atoms with E-state index in [9.17, 15) is 4.79 Å². The fourth-order valence-corrected chi connectivity index (χ4v) is 4.16. The van der Waals surface area contributed by atoms with E-state index in [1.165, 1.54) is 12.8 Å². The van der Waals surface area contributed by atoms with Crippen LogP contribution in [0.4, 0.5) is 0 Å². The van der Waals surface area contributed by atoms with Gasteiger partial charge in [-0.3, -0.25) is 9.69 Å². The summed E-state index contributed by atoms with van der Waals surface area (Å²) in [5.74, 6) is 3.51. The molecule has 2 saturated heterocycles. The number of rotatable bonds is 6. The van der Waals surface area contributed by atoms with Gasteiger partial charge in [0.25, 0.3) is 0 Å². The number of carbonyl (C=O) groups is 1. The number of likely N-dealkylation sites (tertiary alicyclic amines) is 1. The highest BCUT2D eigenvalue weighted by Crippen LogP contribution is 2.33. The van der Waals surface area contributed by atoms with Gasteiger partial charge in [-0.2, -0.15) is 0 Å². The average Bonchev–Trinajstić information content (AvgIpc) is 3.36. The number of nitrogens with one attached hydrogen (secondary N) is 1. The molecule has 1 aromatic rings. The molecule has 1 aromatic heterocycles. The fraction of sp³-hybridized carbons (Fsp3) is 0.750. The molecule has 1 amide bonds. The van der Waals surface area contributed by atoms with E-state index in [2.05, 4.69) is 29.3 Å². The first-order valence-electron chi connectivity index (χ1n) is 9.90. The van der Waals surface area contributed by atoms with Gasteiger partial charge in [-0.25, -0.2) is 0 Å². The number of nitrogens with zero attached hydrogens (tertiary/aromatic N) is 1. The van der Waals surface area contributed by atoms with Crippen LogP contribution in [0.5, 0.6) is 0 Å². The summed E-state index contributed by atoms with van der Waals surface area (Å²) in [5.41, 5.74) is 0. The summed E-state index contributed by atoms with van der Waals surface area (Å²) in [6.45, 7) is 6.47. The van der Waals surface area contributed by atoms with Crippen molar-refractivity contribution in [2.75, 3.05) is 26.2 Å². The third-order valence-electron chi connectivity index (χ3n) is 5.92. The lowest BCUT2D eigenvalue weighted by Gasteiger charge is -2.42. The van der Waals surface area contributed by atoms with Crippen LogP contribution in [0, 0.1) is 17.8 Å². The van der Waals surface area contributed by atoms with E-state index in [1.807, 2.05) is 0 Å². The van der Waals surface area contributed by atoms with E-state index in [1.54, 1.807) is 0 Å². The van der Waals surface area contributed by atoms with Crippen LogP contribution in [0.25, 0.3) is 0 Å². The highest BCUT2D eigenvalue weighted by Gasteiger charge is 2.38. The summed E-state index contributed by atoms with van der Waals surface area (Å²) in [7, 11) is 0. The van der Waals surface area contributed by atoms with Crippen LogP contribution in [0.15, 0.2) is 16.5 Å². The Bertz CT molecular complexity index is 596. The predicted molar refractivity (Wildman–Crippen MR) is 95.1 cm³/mol. The summed E-state index contributed by atoms with van der Waals surface area (Å²) in [5, 5.41) is 3.12. The fourth-order valence-electron chi connectivity index (χ4n) is 4.16. The molecule has 0 spiro atoms. The second kappa shape index (κ2) is 7.50. The Kier molecular flexibility index (Phi) is 5.13. The molecule has 1 saturated carbocycles. The first-order chi connectivity index (χ1) is 12.2. The van der Waals surface area contributed by atoms with Crippen LogP contribution < -0.4 is 5.32 Å². The van der Waals surface area contributed by atoms with Gasteiger partial charge >= 0.3 is 0 Å². The Labute approximate surface area is 150 Å². The molecule has 5 heteroatoms. The minimum Gasteiger partial charge on any atom is -0.465 e. The summed E-state index contributed by atoms with van der Waals surface area (Å²) in [4.78, 5) is 14.8. The number of fused-ring (bicyclic) bond motifs is 1. The molecule has 2 aliphatic heterocycles. The van der Waals surface area contributed by atoms with Gasteiger partial charge in [0, 0.05) is 26.1 Å². The number of amides is 1. The van der Waals surface area contributed by atoms with E-state index in [-0.39, 0.29) is 11.8 Å². The summed E-state index contributed by atoms with van der Waals surface area (Å²) in [6.07, 6.45) is 5.82. The van der Waals surface area contributed by atoms with Gasteiger partial charge in [-0.1, -0.05) is 6.92 Å². The normalized spacial score (nSPS) is 30.0. The van der Waals surface area contributed by atoms with Gasteiger partial charge < -0.3 is 14.5 Å². The minimum absolute atomic E-state index is 0.0234. The maximum absolute atomic E-state index is 12.4. The Balaban J connectivity index is 1.29. The molecule has 1 N–H and O–H groups in total. The van der Waals surface area contributed by atoms with Crippen molar-refractivity contribution in [2.24, 2.45) is 17.8 Å². The molecule has 5 nitrogen and oxygen atoms in total. The molecular formula is C20H30N2O3. The van der Waals surface area contributed by atoms with E-state index >= 15 is 0 Å². The molecule has 4 rings (SSSR count). The molecule has 0 radical (unpaired) electrons. The van der Waals surface area contributed by atoms with Crippen LogP contribution in [-0.2, 0) is 22.5 Å². The Morgan fingerprint density at radius 2 is 2.12 bits per heavy atom. The third-order valence-corrected chi connectivity index (χ3v) is 5.92. The van der Waals surface area contributed by atoms with Crippen molar-refractivity contribution < 1.29 is 13.9 Å².